The molecule has 0 amide bonds. The fraction of sp³-hybridized carbons (Fsp3) is 0.111. The van der Waals surface area contributed by atoms with Crippen LogP contribution in [0.25, 0.3) is 22.0 Å². The van der Waals surface area contributed by atoms with Crippen molar-refractivity contribution in [2.24, 2.45) is 4.99 Å². The fourth-order valence-electron chi connectivity index (χ4n) is 2.74. The van der Waals surface area contributed by atoms with Gasteiger partial charge in [0.1, 0.15) is 4.38 Å². The van der Waals surface area contributed by atoms with Crippen LogP contribution in [0.3, 0.4) is 0 Å². The summed E-state index contributed by atoms with van der Waals surface area (Å²) in [4.78, 5) is 20.8. The molecule has 0 spiro atoms. The van der Waals surface area contributed by atoms with E-state index in [9.17, 15) is 4.79 Å². The van der Waals surface area contributed by atoms with Crippen molar-refractivity contribution in [3.63, 3.8) is 0 Å². The Morgan fingerprint density at radius 1 is 1.16 bits per heavy atom. The molecule has 7 heteroatoms. The summed E-state index contributed by atoms with van der Waals surface area (Å²) in [5, 5.41) is 2.07. The summed E-state index contributed by atoms with van der Waals surface area (Å²) in [7, 11) is 0. The molecule has 3 aromatic rings. The molecule has 0 saturated carbocycles. The third-order valence-corrected chi connectivity index (χ3v) is 6.65. The van der Waals surface area contributed by atoms with Crippen LogP contribution in [-0.4, -0.2) is 21.7 Å². The zero-order chi connectivity index (χ0) is 17.4. The van der Waals surface area contributed by atoms with Crippen molar-refractivity contribution in [2.75, 3.05) is 12.3 Å². The van der Waals surface area contributed by atoms with E-state index in [1.54, 1.807) is 17.8 Å². The normalized spacial score (nSPS) is 14.1. The fourth-order valence-corrected chi connectivity index (χ4v) is 5.21. The van der Waals surface area contributed by atoms with E-state index >= 15 is 0 Å². The molecule has 1 N–H and O–H groups in total. The number of halogens is 2. The number of aromatic amines is 1. The Labute approximate surface area is 162 Å². The van der Waals surface area contributed by atoms with Crippen LogP contribution in [0.5, 0.6) is 0 Å². The molecule has 1 aromatic heterocycles. The van der Waals surface area contributed by atoms with Crippen LogP contribution in [0.2, 0.25) is 10.0 Å². The van der Waals surface area contributed by atoms with Gasteiger partial charge in [-0.05, 0) is 24.3 Å². The lowest BCUT2D eigenvalue weighted by Crippen LogP contribution is -2.11. The van der Waals surface area contributed by atoms with Gasteiger partial charge < -0.3 is 4.98 Å². The van der Waals surface area contributed by atoms with Crippen LogP contribution in [0.1, 0.15) is 0 Å². The van der Waals surface area contributed by atoms with Gasteiger partial charge in [0.15, 0.2) is 0 Å². The minimum Gasteiger partial charge on any atom is -0.321 e. The number of rotatable bonds is 2. The summed E-state index contributed by atoms with van der Waals surface area (Å²) in [5.74, 6) is 0.946. The van der Waals surface area contributed by atoms with Crippen LogP contribution in [0.4, 0.5) is 0 Å². The van der Waals surface area contributed by atoms with E-state index in [0.29, 0.717) is 14.9 Å². The van der Waals surface area contributed by atoms with Crippen LogP contribution < -0.4 is 5.56 Å². The molecule has 0 bridgehead atoms. The van der Waals surface area contributed by atoms with Gasteiger partial charge in [0.25, 0.3) is 5.56 Å². The lowest BCUT2D eigenvalue weighted by atomic mass is 10.0. The predicted octanol–water partition coefficient (Wildman–Crippen LogP) is 5.70. The number of thioether (sulfide) groups is 2. The molecular weight excluding hydrogens is 395 g/mol. The van der Waals surface area contributed by atoms with Gasteiger partial charge in [-0.3, -0.25) is 9.79 Å². The van der Waals surface area contributed by atoms with Crippen molar-refractivity contribution in [1.29, 1.82) is 0 Å². The second-order valence-electron chi connectivity index (χ2n) is 5.43. The van der Waals surface area contributed by atoms with Crippen LogP contribution in [0, 0.1) is 0 Å². The quantitative estimate of drug-likeness (QED) is 0.593. The molecule has 25 heavy (non-hydrogen) atoms. The first-order valence-electron chi connectivity index (χ1n) is 7.59. The van der Waals surface area contributed by atoms with E-state index in [1.165, 1.54) is 11.8 Å². The topological polar surface area (TPSA) is 45.2 Å². The predicted molar refractivity (Wildman–Crippen MR) is 111 cm³/mol. The van der Waals surface area contributed by atoms with Crippen LogP contribution >= 0.6 is 46.7 Å². The molecular formula is C18H12Cl2N2OS2. The molecule has 0 unspecified atom stereocenters. The standard InChI is InChI=1S/C18H12Cl2N2OS2/c19-10-5-6-14-12(9-10)15(11-3-1-2-4-13(11)20)16(17(23)22-14)25-18-21-7-8-24-18/h1-6,9H,7-8H2,(H,22,23). The molecule has 0 saturated heterocycles. The van der Waals surface area contributed by atoms with Gasteiger partial charge in [0.05, 0.1) is 11.4 Å². The Hall–Kier alpha value is -1.40. The summed E-state index contributed by atoms with van der Waals surface area (Å²) in [6, 6.07) is 13.0. The maximum absolute atomic E-state index is 12.8. The van der Waals surface area contributed by atoms with Gasteiger partial charge in [0.2, 0.25) is 0 Å². The van der Waals surface area contributed by atoms with Gasteiger partial charge in [-0.25, -0.2) is 0 Å². The first-order chi connectivity index (χ1) is 12.1. The Bertz CT molecular complexity index is 1060. The molecule has 2 aromatic carbocycles. The number of H-pyrrole nitrogens is 1. The summed E-state index contributed by atoms with van der Waals surface area (Å²) < 4.78 is 0.903. The second kappa shape index (κ2) is 7.08. The van der Waals surface area contributed by atoms with Gasteiger partial charge in [-0.15, -0.1) is 0 Å². The molecule has 1 aliphatic heterocycles. The Kier molecular flexibility index (Phi) is 4.82. The SMILES string of the molecule is O=c1[nH]c2ccc(Cl)cc2c(-c2ccccc2Cl)c1SC1=NCCS1. The third-order valence-electron chi connectivity index (χ3n) is 3.82. The minimum absolute atomic E-state index is 0.148. The van der Waals surface area contributed by atoms with Crippen molar-refractivity contribution in [1.82, 2.24) is 4.98 Å². The number of benzene rings is 2. The Morgan fingerprint density at radius 3 is 2.76 bits per heavy atom. The number of hydrogen-bond donors (Lipinski definition) is 1. The van der Waals surface area contributed by atoms with Gasteiger partial charge in [-0.1, -0.05) is 64.9 Å². The molecule has 126 valence electrons. The van der Waals surface area contributed by atoms with Crippen molar-refractivity contribution < 1.29 is 0 Å². The Morgan fingerprint density at radius 2 is 2.00 bits per heavy atom. The lowest BCUT2D eigenvalue weighted by molar-refractivity contribution is 1.18. The van der Waals surface area contributed by atoms with Gasteiger partial charge in [0, 0.05) is 37.8 Å². The number of aliphatic imine (C=N–C) groups is 1. The second-order valence-corrected chi connectivity index (χ2v) is 8.61. The van der Waals surface area contributed by atoms with Gasteiger partial charge in [-0.2, -0.15) is 0 Å². The van der Waals surface area contributed by atoms with E-state index in [2.05, 4.69) is 9.98 Å². The molecule has 0 aliphatic carbocycles. The van der Waals surface area contributed by atoms with E-state index in [4.69, 9.17) is 23.2 Å². The minimum atomic E-state index is -0.148. The zero-order valence-electron chi connectivity index (χ0n) is 12.9. The summed E-state index contributed by atoms with van der Waals surface area (Å²) in [5.41, 5.74) is 2.19. The first-order valence-corrected chi connectivity index (χ1v) is 10.1. The van der Waals surface area contributed by atoms with E-state index in [-0.39, 0.29) is 5.56 Å². The van der Waals surface area contributed by atoms with Crippen molar-refractivity contribution >= 4 is 62.0 Å². The highest BCUT2D eigenvalue weighted by atomic mass is 35.5. The zero-order valence-corrected chi connectivity index (χ0v) is 16.0. The number of pyridine rings is 1. The molecule has 0 fully saturated rings. The van der Waals surface area contributed by atoms with Crippen molar-refractivity contribution in [2.45, 2.75) is 4.90 Å². The smallest absolute Gasteiger partial charge is 0.263 e. The highest BCUT2D eigenvalue weighted by molar-refractivity contribution is 8.39. The van der Waals surface area contributed by atoms with E-state index in [0.717, 1.165) is 38.7 Å². The maximum atomic E-state index is 12.8. The average molecular weight is 407 g/mol. The monoisotopic (exact) mass is 406 g/mol. The molecule has 0 radical (unpaired) electrons. The van der Waals surface area contributed by atoms with Crippen LogP contribution in [0.15, 0.2) is 57.1 Å². The van der Waals surface area contributed by atoms with E-state index < -0.39 is 0 Å². The summed E-state index contributed by atoms with van der Waals surface area (Å²) in [6.07, 6.45) is 0. The highest BCUT2D eigenvalue weighted by Crippen LogP contribution is 2.40. The number of aromatic nitrogens is 1. The number of nitrogens with zero attached hydrogens (tertiary/aromatic N) is 1. The lowest BCUT2D eigenvalue weighted by Gasteiger charge is -2.14. The molecule has 0 atom stereocenters. The molecule has 3 nitrogen and oxygen atoms in total. The summed E-state index contributed by atoms with van der Waals surface area (Å²) in [6.45, 7) is 0.783. The first kappa shape index (κ1) is 17.0. The largest absolute Gasteiger partial charge is 0.321 e. The van der Waals surface area contributed by atoms with Crippen molar-refractivity contribution in [3.05, 3.63) is 62.9 Å². The third kappa shape index (κ3) is 3.34. The van der Waals surface area contributed by atoms with E-state index in [1.807, 2.05) is 36.4 Å². The average Bonchev–Trinajstić information content (AvgIpc) is 3.10. The molecule has 4 rings (SSSR count). The highest BCUT2D eigenvalue weighted by Gasteiger charge is 2.20. The number of hydrogen-bond acceptors (Lipinski definition) is 4. The molecule has 2 heterocycles. The molecule has 1 aliphatic rings. The van der Waals surface area contributed by atoms with Crippen LogP contribution in [-0.2, 0) is 0 Å². The number of fused-ring (bicyclic) bond motifs is 1. The maximum Gasteiger partial charge on any atom is 0.263 e. The Balaban J connectivity index is 2.05. The van der Waals surface area contributed by atoms with Crippen molar-refractivity contribution in [3.8, 4) is 11.1 Å². The number of nitrogens with one attached hydrogen (secondary N) is 1. The summed E-state index contributed by atoms with van der Waals surface area (Å²) >= 11 is 15.7. The van der Waals surface area contributed by atoms with Gasteiger partial charge >= 0.3 is 0 Å².